The Labute approximate surface area is 130 Å². The smallest absolute Gasteiger partial charge is 0.351 e. The molecule has 1 aliphatic rings. The van der Waals surface area contributed by atoms with Gasteiger partial charge >= 0.3 is 11.9 Å². The van der Waals surface area contributed by atoms with Gasteiger partial charge in [0.25, 0.3) is 5.60 Å². The van der Waals surface area contributed by atoms with Crippen LogP contribution in [-0.2, 0) is 30.4 Å². The zero-order valence-corrected chi connectivity index (χ0v) is 13.4. The third-order valence-electron chi connectivity index (χ3n) is 3.47. The minimum Gasteiger partial charge on any atom is -0.458 e. The van der Waals surface area contributed by atoms with Gasteiger partial charge in [-0.05, 0) is 26.3 Å². The highest BCUT2D eigenvalue weighted by atomic mass is 16.6. The molecule has 2 rings (SSSR count). The molecule has 5 heteroatoms. The SMILES string of the molecule is C[C@H]1COC1(C(=O)OCc1ccccc1)C(=O)OC(C)(C)C. The number of benzene rings is 1. The third-order valence-corrected chi connectivity index (χ3v) is 3.47. The predicted octanol–water partition coefficient (Wildman–Crippen LogP) is 2.48. The van der Waals surface area contributed by atoms with Gasteiger partial charge in [-0.15, -0.1) is 0 Å². The van der Waals surface area contributed by atoms with E-state index < -0.39 is 23.1 Å². The lowest BCUT2D eigenvalue weighted by Crippen LogP contribution is -2.65. The van der Waals surface area contributed by atoms with Gasteiger partial charge in [-0.2, -0.15) is 0 Å². The molecule has 1 unspecified atom stereocenters. The van der Waals surface area contributed by atoms with Gasteiger partial charge in [0, 0.05) is 5.92 Å². The van der Waals surface area contributed by atoms with Crippen LogP contribution in [0.3, 0.4) is 0 Å². The van der Waals surface area contributed by atoms with E-state index in [0.29, 0.717) is 6.61 Å². The summed E-state index contributed by atoms with van der Waals surface area (Å²) in [5.74, 6) is -1.65. The highest BCUT2D eigenvalue weighted by Gasteiger charge is 2.62. The first-order valence-electron chi connectivity index (χ1n) is 7.34. The summed E-state index contributed by atoms with van der Waals surface area (Å²) in [6.07, 6.45) is 0. The van der Waals surface area contributed by atoms with Crippen LogP contribution in [0.2, 0.25) is 0 Å². The monoisotopic (exact) mass is 306 g/mol. The number of ether oxygens (including phenoxy) is 3. The largest absolute Gasteiger partial charge is 0.458 e. The number of hydrogen-bond donors (Lipinski definition) is 0. The van der Waals surface area contributed by atoms with Gasteiger partial charge in [-0.25, -0.2) is 9.59 Å². The van der Waals surface area contributed by atoms with Gasteiger partial charge in [0.2, 0.25) is 0 Å². The number of hydrogen-bond acceptors (Lipinski definition) is 5. The summed E-state index contributed by atoms with van der Waals surface area (Å²) >= 11 is 0. The Morgan fingerprint density at radius 1 is 1.23 bits per heavy atom. The molecule has 1 saturated heterocycles. The molecule has 0 bridgehead atoms. The summed E-state index contributed by atoms with van der Waals surface area (Å²) in [6, 6.07) is 9.28. The summed E-state index contributed by atoms with van der Waals surface area (Å²) in [5, 5.41) is 0. The maximum Gasteiger partial charge on any atom is 0.351 e. The van der Waals surface area contributed by atoms with Crippen molar-refractivity contribution in [3.8, 4) is 0 Å². The average Bonchev–Trinajstić information content (AvgIpc) is 2.43. The fraction of sp³-hybridized carbons (Fsp3) is 0.529. The van der Waals surface area contributed by atoms with Crippen LogP contribution >= 0.6 is 0 Å². The van der Waals surface area contributed by atoms with Gasteiger partial charge in [0.15, 0.2) is 0 Å². The molecule has 0 N–H and O–H groups in total. The minimum absolute atomic E-state index is 0.0975. The summed E-state index contributed by atoms with van der Waals surface area (Å²) in [7, 11) is 0. The van der Waals surface area contributed by atoms with E-state index in [1.807, 2.05) is 30.3 Å². The minimum atomic E-state index is -1.64. The Balaban J connectivity index is 2.07. The predicted molar refractivity (Wildman–Crippen MR) is 79.9 cm³/mol. The Bertz CT molecular complexity index is 546. The van der Waals surface area contributed by atoms with Crippen LogP contribution in [-0.4, -0.2) is 29.7 Å². The fourth-order valence-electron chi connectivity index (χ4n) is 2.20. The molecule has 1 aliphatic heterocycles. The molecule has 1 fully saturated rings. The van der Waals surface area contributed by atoms with Gasteiger partial charge in [-0.1, -0.05) is 37.3 Å². The molecular formula is C17H22O5. The van der Waals surface area contributed by atoms with E-state index in [0.717, 1.165) is 5.56 Å². The first kappa shape index (κ1) is 16.5. The average molecular weight is 306 g/mol. The zero-order chi connectivity index (χ0) is 16.4. The van der Waals surface area contributed by atoms with Crippen LogP contribution in [0.25, 0.3) is 0 Å². The van der Waals surface area contributed by atoms with E-state index >= 15 is 0 Å². The van der Waals surface area contributed by atoms with E-state index in [-0.39, 0.29) is 12.5 Å². The summed E-state index contributed by atoms with van der Waals surface area (Å²) in [5.41, 5.74) is -1.48. The first-order chi connectivity index (χ1) is 10.3. The first-order valence-corrected chi connectivity index (χ1v) is 7.34. The van der Waals surface area contributed by atoms with Crippen LogP contribution in [0.5, 0.6) is 0 Å². The van der Waals surface area contributed by atoms with Crippen molar-refractivity contribution in [2.45, 2.75) is 45.5 Å². The molecule has 0 spiro atoms. The molecule has 0 amide bonds. The second kappa shape index (κ2) is 6.08. The lowest BCUT2D eigenvalue weighted by Gasteiger charge is -2.43. The van der Waals surface area contributed by atoms with Crippen LogP contribution in [0.1, 0.15) is 33.3 Å². The third kappa shape index (κ3) is 3.30. The number of carbonyl (C=O) groups is 2. The van der Waals surface area contributed by atoms with Gasteiger partial charge in [-0.3, -0.25) is 0 Å². The summed E-state index contributed by atoms with van der Waals surface area (Å²) in [4.78, 5) is 24.8. The molecule has 0 aliphatic carbocycles. The topological polar surface area (TPSA) is 61.8 Å². The van der Waals surface area contributed by atoms with Crippen molar-refractivity contribution in [2.24, 2.45) is 5.92 Å². The van der Waals surface area contributed by atoms with Crippen molar-refractivity contribution in [1.29, 1.82) is 0 Å². The maximum atomic E-state index is 12.4. The lowest BCUT2D eigenvalue weighted by molar-refractivity contribution is -0.239. The Hall–Kier alpha value is -1.88. The van der Waals surface area contributed by atoms with Crippen molar-refractivity contribution >= 4 is 11.9 Å². The Morgan fingerprint density at radius 3 is 2.32 bits per heavy atom. The van der Waals surface area contributed by atoms with Gasteiger partial charge in [0.1, 0.15) is 12.2 Å². The zero-order valence-electron chi connectivity index (χ0n) is 13.4. The lowest BCUT2D eigenvalue weighted by atomic mass is 9.83. The Kier molecular flexibility index (Phi) is 4.56. The molecule has 0 radical (unpaired) electrons. The molecule has 0 aromatic heterocycles. The quantitative estimate of drug-likeness (QED) is 0.632. The number of rotatable bonds is 4. The van der Waals surface area contributed by atoms with Gasteiger partial charge < -0.3 is 14.2 Å². The van der Waals surface area contributed by atoms with E-state index in [9.17, 15) is 9.59 Å². The number of carbonyl (C=O) groups excluding carboxylic acids is 2. The van der Waals surface area contributed by atoms with E-state index in [1.54, 1.807) is 27.7 Å². The van der Waals surface area contributed by atoms with E-state index in [4.69, 9.17) is 14.2 Å². The van der Waals surface area contributed by atoms with Crippen LogP contribution in [0.4, 0.5) is 0 Å². The van der Waals surface area contributed by atoms with Crippen molar-refractivity contribution in [1.82, 2.24) is 0 Å². The normalized spacial score (nSPS) is 24.3. The van der Waals surface area contributed by atoms with Crippen LogP contribution in [0, 0.1) is 5.92 Å². The Morgan fingerprint density at radius 2 is 1.86 bits per heavy atom. The van der Waals surface area contributed by atoms with Crippen molar-refractivity contribution in [3.05, 3.63) is 35.9 Å². The van der Waals surface area contributed by atoms with Crippen LogP contribution in [0.15, 0.2) is 30.3 Å². The molecule has 0 saturated carbocycles. The molecular weight excluding hydrogens is 284 g/mol. The molecule has 1 heterocycles. The van der Waals surface area contributed by atoms with E-state index in [1.165, 1.54) is 0 Å². The standard InChI is InChI=1S/C17H22O5/c1-12-10-21-17(12,15(19)22-16(2,3)4)14(18)20-11-13-8-6-5-7-9-13/h5-9,12H,10-11H2,1-4H3/t12-,17?/m0/s1. The molecule has 5 nitrogen and oxygen atoms in total. The second-order valence-corrected chi connectivity index (χ2v) is 6.51. The van der Waals surface area contributed by atoms with Gasteiger partial charge in [0.05, 0.1) is 6.61 Å². The van der Waals surface area contributed by atoms with Crippen molar-refractivity contribution in [2.75, 3.05) is 6.61 Å². The number of esters is 2. The molecule has 120 valence electrons. The molecule has 22 heavy (non-hydrogen) atoms. The molecule has 2 atom stereocenters. The fourth-order valence-corrected chi connectivity index (χ4v) is 2.20. The molecule has 1 aromatic rings. The highest BCUT2D eigenvalue weighted by Crippen LogP contribution is 2.36. The highest BCUT2D eigenvalue weighted by molar-refractivity contribution is 6.05. The van der Waals surface area contributed by atoms with Crippen molar-refractivity contribution < 1.29 is 23.8 Å². The van der Waals surface area contributed by atoms with E-state index in [2.05, 4.69) is 0 Å². The molecule has 1 aromatic carbocycles. The second-order valence-electron chi connectivity index (χ2n) is 6.51. The van der Waals surface area contributed by atoms with Crippen LogP contribution < -0.4 is 0 Å². The maximum absolute atomic E-state index is 12.4. The summed E-state index contributed by atoms with van der Waals surface area (Å²) in [6.45, 7) is 7.45. The summed E-state index contributed by atoms with van der Waals surface area (Å²) < 4.78 is 15.9. The van der Waals surface area contributed by atoms with Crippen molar-refractivity contribution in [3.63, 3.8) is 0 Å².